The average molecular weight is 438 g/mol. The second kappa shape index (κ2) is 8.40. The number of H-pyrrole nitrogens is 1. The fraction of sp³-hybridized carbons (Fsp3) is 0.478. The van der Waals surface area contributed by atoms with Gasteiger partial charge in [0.2, 0.25) is 5.91 Å². The van der Waals surface area contributed by atoms with Crippen molar-refractivity contribution in [2.45, 2.75) is 71.4 Å². The molecule has 2 aromatic rings. The minimum Gasteiger partial charge on any atom is -0.507 e. The quantitative estimate of drug-likeness (QED) is 0.609. The molecule has 5 nitrogen and oxygen atoms in total. The topological polar surface area (TPSA) is 82.2 Å². The molecule has 1 heterocycles. The molecule has 2 rings (SSSR count). The van der Waals surface area contributed by atoms with Gasteiger partial charge in [-0.1, -0.05) is 53.7 Å². The van der Waals surface area contributed by atoms with Gasteiger partial charge in [-0.15, -0.1) is 0 Å². The van der Waals surface area contributed by atoms with Crippen molar-refractivity contribution in [3.05, 3.63) is 57.0 Å². The van der Waals surface area contributed by atoms with Crippen LogP contribution in [-0.4, -0.2) is 16.0 Å². The van der Waals surface area contributed by atoms with E-state index in [1.54, 1.807) is 0 Å². The van der Waals surface area contributed by atoms with Crippen LogP contribution in [0.4, 0.5) is 18.9 Å². The number of halogens is 3. The standard InChI is InChI=1S/C23H29F3N2O3/c1-21(2,3)15-9-13(10-16(19(15)30)22(4,5)6)7-8-18(29)28-17-11-14(23(24,25)26)12-27-20(17)31/h9-12,30H,7-8H2,1-6H3,(H,27,31)(H,28,29). The Bertz CT molecular complexity index is 991. The highest BCUT2D eigenvalue weighted by molar-refractivity contribution is 5.90. The number of alkyl halides is 3. The largest absolute Gasteiger partial charge is 0.507 e. The smallest absolute Gasteiger partial charge is 0.417 e. The van der Waals surface area contributed by atoms with E-state index in [-0.39, 0.29) is 23.0 Å². The van der Waals surface area contributed by atoms with Gasteiger partial charge in [-0.05, 0) is 40.0 Å². The number of aromatic hydroxyl groups is 1. The number of hydrogen-bond acceptors (Lipinski definition) is 3. The minimum atomic E-state index is -4.64. The van der Waals surface area contributed by atoms with Crippen LogP contribution in [0, 0.1) is 0 Å². The molecule has 0 radical (unpaired) electrons. The molecule has 0 spiro atoms. The van der Waals surface area contributed by atoms with Gasteiger partial charge in [-0.3, -0.25) is 9.59 Å². The van der Waals surface area contributed by atoms with Crippen LogP contribution in [0.1, 0.15) is 70.2 Å². The summed E-state index contributed by atoms with van der Waals surface area (Å²) in [6, 6.07) is 4.30. The van der Waals surface area contributed by atoms with Crippen LogP contribution in [0.25, 0.3) is 0 Å². The molecule has 0 saturated carbocycles. The van der Waals surface area contributed by atoms with Crippen molar-refractivity contribution in [2.24, 2.45) is 0 Å². The minimum absolute atomic E-state index is 0.0341. The fourth-order valence-corrected chi connectivity index (χ4v) is 3.19. The summed E-state index contributed by atoms with van der Waals surface area (Å²) < 4.78 is 38.6. The highest BCUT2D eigenvalue weighted by Gasteiger charge is 2.31. The summed E-state index contributed by atoms with van der Waals surface area (Å²) in [7, 11) is 0. The Hall–Kier alpha value is -2.77. The maximum Gasteiger partial charge on any atom is 0.417 e. The zero-order valence-electron chi connectivity index (χ0n) is 18.6. The molecule has 3 N–H and O–H groups in total. The van der Waals surface area contributed by atoms with Crippen LogP contribution in [0.2, 0.25) is 0 Å². The number of aryl methyl sites for hydroxylation is 1. The van der Waals surface area contributed by atoms with E-state index in [1.165, 1.54) is 0 Å². The Morgan fingerprint density at radius 1 is 1.00 bits per heavy atom. The van der Waals surface area contributed by atoms with E-state index in [1.807, 2.05) is 58.7 Å². The fourth-order valence-electron chi connectivity index (χ4n) is 3.19. The number of aromatic nitrogens is 1. The van der Waals surface area contributed by atoms with Crippen molar-refractivity contribution < 1.29 is 23.1 Å². The summed E-state index contributed by atoms with van der Waals surface area (Å²) in [5, 5.41) is 13.0. The molecule has 0 aliphatic heterocycles. The van der Waals surface area contributed by atoms with Gasteiger partial charge in [0.05, 0.1) is 5.56 Å². The van der Waals surface area contributed by atoms with E-state index in [4.69, 9.17) is 0 Å². The molecule has 0 atom stereocenters. The first-order valence-corrected chi connectivity index (χ1v) is 9.97. The van der Waals surface area contributed by atoms with E-state index in [0.717, 1.165) is 16.7 Å². The molecule has 0 saturated heterocycles. The van der Waals surface area contributed by atoms with Crippen molar-refractivity contribution in [1.29, 1.82) is 0 Å². The Balaban J connectivity index is 2.25. The molecule has 0 aliphatic carbocycles. The molecule has 0 bridgehead atoms. The van der Waals surface area contributed by atoms with E-state index in [2.05, 4.69) is 5.32 Å². The Morgan fingerprint density at radius 2 is 1.52 bits per heavy atom. The predicted molar refractivity (Wildman–Crippen MR) is 115 cm³/mol. The monoisotopic (exact) mass is 438 g/mol. The molecular formula is C23H29F3N2O3. The van der Waals surface area contributed by atoms with Crippen LogP contribution in [0.15, 0.2) is 29.2 Å². The lowest BCUT2D eigenvalue weighted by Gasteiger charge is -2.28. The van der Waals surface area contributed by atoms with Crippen LogP contribution in [-0.2, 0) is 28.2 Å². The van der Waals surface area contributed by atoms with Gasteiger partial charge in [-0.25, -0.2) is 0 Å². The lowest BCUT2D eigenvalue weighted by Crippen LogP contribution is -2.22. The van der Waals surface area contributed by atoms with E-state index in [0.29, 0.717) is 18.7 Å². The van der Waals surface area contributed by atoms with Gasteiger partial charge in [0, 0.05) is 12.6 Å². The summed E-state index contributed by atoms with van der Waals surface area (Å²) in [6.45, 7) is 11.9. The van der Waals surface area contributed by atoms with E-state index >= 15 is 0 Å². The number of phenolic OH excluding ortho intramolecular Hbond substituents is 1. The number of carbonyl (C=O) groups is 1. The molecule has 170 valence electrons. The number of carbonyl (C=O) groups excluding carboxylic acids is 1. The molecular weight excluding hydrogens is 409 g/mol. The first-order valence-electron chi connectivity index (χ1n) is 9.97. The number of rotatable bonds is 4. The van der Waals surface area contributed by atoms with Crippen molar-refractivity contribution in [1.82, 2.24) is 4.98 Å². The van der Waals surface area contributed by atoms with Gasteiger partial charge in [0.25, 0.3) is 5.56 Å². The van der Waals surface area contributed by atoms with E-state index < -0.39 is 28.9 Å². The summed E-state index contributed by atoms with van der Waals surface area (Å²) in [5.74, 6) is -0.351. The Morgan fingerprint density at radius 3 is 1.97 bits per heavy atom. The Kier molecular flexibility index (Phi) is 6.64. The van der Waals surface area contributed by atoms with Crippen LogP contribution in [0.3, 0.4) is 0 Å². The number of anilines is 1. The second-order valence-corrected chi connectivity index (χ2v) is 9.72. The van der Waals surface area contributed by atoms with Gasteiger partial charge < -0.3 is 15.4 Å². The molecule has 0 unspecified atom stereocenters. The number of nitrogens with one attached hydrogen (secondary N) is 2. The summed E-state index contributed by atoms with van der Waals surface area (Å²) >= 11 is 0. The molecule has 31 heavy (non-hydrogen) atoms. The average Bonchev–Trinajstić information content (AvgIpc) is 2.59. The maximum absolute atomic E-state index is 12.9. The van der Waals surface area contributed by atoms with Gasteiger partial charge >= 0.3 is 6.18 Å². The van der Waals surface area contributed by atoms with Gasteiger partial charge in [0.1, 0.15) is 11.4 Å². The van der Waals surface area contributed by atoms with Crippen molar-refractivity contribution in [2.75, 3.05) is 5.32 Å². The van der Waals surface area contributed by atoms with Crippen LogP contribution >= 0.6 is 0 Å². The van der Waals surface area contributed by atoms with Crippen LogP contribution in [0.5, 0.6) is 5.75 Å². The molecule has 0 aliphatic rings. The molecule has 1 aromatic carbocycles. The summed E-state index contributed by atoms with van der Waals surface area (Å²) in [5.41, 5.74) is -0.630. The third-order valence-electron chi connectivity index (χ3n) is 4.93. The highest BCUT2D eigenvalue weighted by atomic mass is 19.4. The zero-order valence-corrected chi connectivity index (χ0v) is 18.6. The third-order valence-corrected chi connectivity index (χ3v) is 4.93. The van der Waals surface area contributed by atoms with Crippen LogP contribution < -0.4 is 10.9 Å². The highest BCUT2D eigenvalue weighted by Crippen LogP contribution is 2.40. The molecule has 8 heteroatoms. The van der Waals surface area contributed by atoms with E-state index in [9.17, 15) is 27.9 Å². The van der Waals surface area contributed by atoms with Crippen molar-refractivity contribution in [3.8, 4) is 5.75 Å². The SMILES string of the molecule is CC(C)(C)c1cc(CCC(=O)Nc2cc(C(F)(F)F)c[nH]c2=O)cc(C(C)(C)C)c1O. The normalized spacial score (nSPS) is 12.7. The van der Waals surface area contributed by atoms with Gasteiger partial charge in [-0.2, -0.15) is 13.2 Å². The number of phenols is 1. The summed E-state index contributed by atoms with van der Waals surface area (Å²) in [4.78, 5) is 26.1. The number of benzene rings is 1. The predicted octanol–water partition coefficient (Wildman–Crippen LogP) is 5.27. The first-order chi connectivity index (χ1) is 14.0. The Labute approximate surface area is 179 Å². The molecule has 1 amide bonds. The third kappa shape index (κ3) is 6.12. The number of hydrogen-bond donors (Lipinski definition) is 3. The zero-order chi connectivity index (χ0) is 23.8. The second-order valence-electron chi connectivity index (χ2n) is 9.72. The van der Waals surface area contributed by atoms with Gasteiger partial charge in [0.15, 0.2) is 0 Å². The number of aromatic amines is 1. The van der Waals surface area contributed by atoms with Crippen molar-refractivity contribution >= 4 is 11.6 Å². The lowest BCUT2D eigenvalue weighted by molar-refractivity contribution is -0.137. The van der Waals surface area contributed by atoms with Crippen molar-refractivity contribution in [3.63, 3.8) is 0 Å². The summed E-state index contributed by atoms with van der Waals surface area (Å²) in [6.07, 6.45) is -3.80. The molecule has 1 aromatic heterocycles. The lowest BCUT2D eigenvalue weighted by atomic mass is 9.78. The number of amides is 1. The maximum atomic E-state index is 12.9. The number of pyridine rings is 1. The molecule has 0 fully saturated rings. The first kappa shape index (κ1) is 24.5.